The van der Waals surface area contributed by atoms with Crippen LogP contribution in [0.3, 0.4) is 0 Å². The minimum absolute atomic E-state index is 0.0472. The molecule has 1 aromatic carbocycles. The van der Waals surface area contributed by atoms with Crippen LogP contribution in [0.1, 0.15) is 75.8 Å². The lowest BCUT2D eigenvalue weighted by Gasteiger charge is -2.26. The second kappa shape index (κ2) is 15.5. The second-order valence-electron chi connectivity index (χ2n) is 9.14. The van der Waals surface area contributed by atoms with Crippen LogP contribution in [0.25, 0.3) is 0 Å². The van der Waals surface area contributed by atoms with Crippen LogP contribution < -0.4 is 16.8 Å². The lowest BCUT2D eigenvalue weighted by molar-refractivity contribution is -0.139. The van der Waals surface area contributed by atoms with Crippen molar-refractivity contribution < 1.29 is 19.1 Å². The molecule has 2 atom stereocenters. The van der Waals surface area contributed by atoms with Gasteiger partial charge in [-0.05, 0) is 56.2 Å². The number of nitrogens with zero attached hydrogens (tertiary/aromatic N) is 1. The van der Waals surface area contributed by atoms with Crippen molar-refractivity contribution in [3.63, 3.8) is 0 Å². The number of likely N-dealkylation sites (tertiary alicyclic amines) is 1. The van der Waals surface area contributed by atoms with Crippen LogP contribution in [-0.4, -0.2) is 54.4 Å². The molecule has 0 aliphatic carbocycles. The van der Waals surface area contributed by atoms with E-state index < -0.39 is 11.9 Å². The molecule has 0 saturated carbocycles. The number of benzene rings is 1. The second-order valence-corrected chi connectivity index (χ2v) is 9.14. The summed E-state index contributed by atoms with van der Waals surface area (Å²) in [7, 11) is 0. The largest absolute Gasteiger partial charge is 0.375 e. The van der Waals surface area contributed by atoms with E-state index >= 15 is 0 Å². The third-order valence-electron chi connectivity index (χ3n) is 6.24. The molecule has 8 nitrogen and oxygen atoms in total. The lowest BCUT2D eigenvalue weighted by atomic mass is 10.1. The molecule has 1 aromatic rings. The number of nitrogens with two attached hydrogens (primary N) is 2. The van der Waals surface area contributed by atoms with E-state index in [2.05, 4.69) is 24.4 Å². The number of ether oxygens (including phenoxy) is 1. The fraction of sp³-hybridized carbons (Fsp3) is 0.654. The van der Waals surface area contributed by atoms with Crippen molar-refractivity contribution >= 4 is 17.7 Å². The average molecular weight is 475 g/mol. The van der Waals surface area contributed by atoms with Crippen molar-refractivity contribution in [3.8, 4) is 0 Å². The molecule has 3 amide bonds. The Hall–Kier alpha value is -2.45. The Kier molecular flexibility index (Phi) is 12.6. The number of unbranched alkanes of at least 4 members (excludes halogenated alkanes) is 2. The molecule has 1 aliphatic rings. The lowest BCUT2D eigenvalue weighted by Crippen LogP contribution is -2.50. The summed E-state index contributed by atoms with van der Waals surface area (Å²) in [4.78, 5) is 38.7. The molecule has 0 aromatic heterocycles. The van der Waals surface area contributed by atoms with Crippen LogP contribution in [0.4, 0.5) is 0 Å². The molecular formula is C26H42N4O4. The van der Waals surface area contributed by atoms with Gasteiger partial charge in [-0.1, -0.05) is 44.0 Å². The zero-order valence-electron chi connectivity index (χ0n) is 20.6. The van der Waals surface area contributed by atoms with Gasteiger partial charge >= 0.3 is 0 Å². The highest BCUT2D eigenvalue weighted by Crippen LogP contribution is 2.20. The molecule has 8 heteroatoms. The molecule has 190 valence electrons. The van der Waals surface area contributed by atoms with Crippen molar-refractivity contribution in [3.05, 3.63) is 35.4 Å². The summed E-state index contributed by atoms with van der Waals surface area (Å²) in [5, 5.41) is 3.01. The van der Waals surface area contributed by atoms with E-state index in [1.807, 2.05) is 12.1 Å². The van der Waals surface area contributed by atoms with Gasteiger partial charge in [0.25, 0.3) is 0 Å². The fourth-order valence-corrected chi connectivity index (χ4v) is 4.25. The summed E-state index contributed by atoms with van der Waals surface area (Å²) in [5.41, 5.74) is 13.2. The molecule has 34 heavy (non-hydrogen) atoms. The van der Waals surface area contributed by atoms with Crippen LogP contribution in [-0.2, 0) is 32.1 Å². The maximum atomic E-state index is 13.0. The maximum Gasteiger partial charge on any atom is 0.243 e. The molecule has 0 spiro atoms. The summed E-state index contributed by atoms with van der Waals surface area (Å²) in [5.74, 6) is -0.546. The quantitative estimate of drug-likeness (QED) is 0.317. The molecule has 0 bridgehead atoms. The average Bonchev–Trinajstić information content (AvgIpc) is 3.32. The molecular weight excluding hydrogens is 432 g/mol. The SMILES string of the molecule is CCCCCC(=O)N1CCC[C@H]1C(=O)NC(CCC(N)=O)COCc1ccc(CCCN)cc1. The smallest absolute Gasteiger partial charge is 0.243 e. The molecule has 1 unspecified atom stereocenters. The van der Waals surface area contributed by atoms with Gasteiger partial charge in [0, 0.05) is 19.4 Å². The number of nitrogens with one attached hydrogen (secondary N) is 1. The van der Waals surface area contributed by atoms with E-state index in [9.17, 15) is 14.4 Å². The highest BCUT2D eigenvalue weighted by Gasteiger charge is 2.34. The summed E-state index contributed by atoms with van der Waals surface area (Å²) in [6.07, 6.45) is 7.35. The maximum absolute atomic E-state index is 13.0. The first kappa shape index (κ1) is 27.8. The van der Waals surface area contributed by atoms with Crippen LogP contribution in [0.5, 0.6) is 0 Å². The topological polar surface area (TPSA) is 128 Å². The minimum atomic E-state index is -0.453. The van der Waals surface area contributed by atoms with E-state index in [1.165, 1.54) is 5.56 Å². The van der Waals surface area contributed by atoms with Gasteiger partial charge in [0.05, 0.1) is 19.3 Å². The minimum Gasteiger partial charge on any atom is -0.375 e. The van der Waals surface area contributed by atoms with Gasteiger partial charge in [-0.2, -0.15) is 0 Å². The molecule has 1 fully saturated rings. The van der Waals surface area contributed by atoms with Crippen LogP contribution in [0.15, 0.2) is 24.3 Å². The van der Waals surface area contributed by atoms with Crippen LogP contribution in [0, 0.1) is 0 Å². The van der Waals surface area contributed by atoms with Crippen molar-refractivity contribution in [2.45, 2.75) is 89.8 Å². The third kappa shape index (κ3) is 9.81. The van der Waals surface area contributed by atoms with Gasteiger partial charge in [-0.3, -0.25) is 14.4 Å². The summed E-state index contributed by atoms with van der Waals surface area (Å²) < 4.78 is 5.87. The Morgan fingerprint density at radius 1 is 1.12 bits per heavy atom. The van der Waals surface area contributed by atoms with E-state index in [1.54, 1.807) is 4.90 Å². The zero-order valence-corrected chi connectivity index (χ0v) is 20.6. The number of hydrogen-bond acceptors (Lipinski definition) is 5. The van der Waals surface area contributed by atoms with Crippen LogP contribution >= 0.6 is 0 Å². The van der Waals surface area contributed by atoms with Gasteiger partial charge in [-0.25, -0.2) is 0 Å². The third-order valence-corrected chi connectivity index (χ3v) is 6.24. The summed E-state index contributed by atoms with van der Waals surface area (Å²) >= 11 is 0. The molecule has 0 radical (unpaired) electrons. The van der Waals surface area contributed by atoms with Gasteiger partial charge in [0.1, 0.15) is 6.04 Å². The number of primary amides is 1. The van der Waals surface area contributed by atoms with E-state index in [4.69, 9.17) is 16.2 Å². The van der Waals surface area contributed by atoms with Gasteiger partial charge < -0.3 is 26.4 Å². The van der Waals surface area contributed by atoms with E-state index in [0.717, 1.165) is 44.1 Å². The summed E-state index contributed by atoms with van der Waals surface area (Å²) in [6.45, 7) is 4.07. The number of aryl methyl sites for hydroxylation is 1. The predicted octanol–water partition coefficient (Wildman–Crippen LogP) is 2.42. The van der Waals surface area contributed by atoms with Crippen molar-refractivity contribution in [2.75, 3.05) is 19.7 Å². The number of carbonyl (C=O) groups is 3. The highest BCUT2D eigenvalue weighted by molar-refractivity contribution is 5.88. The highest BCUT2D eigenvalue weighted by atomic mass is 16.5. The molecule has 5 N–H and O–H groups in total. The first-order chi connectivity index (χ1) is 16.4. The molecule has 1 heterocycles. The zero-order chi connectivity index (χ0) is 24.8. The van der Waals surface area contributed by atoms with E-state index in [0.29, 0.717) is 39.0 Å². The van der Waals surface area contributed by atoms with Gasteiger partial charge in [-0.15, -0.1) is 0 Å². The Balaban J connectivity index is 1.88. The Morgan fingerprint density at radius 2 is 1.85 bits per heavy atom. The Morgan fingerprint density at radius 3 is 2.53 bits per heavy atom. The van der Waals surface area contributed by atoms with Crippen LogP contribution in [0.2, 0.25) is 0 Å². The fourth-order valence-electron chi connectivity index (χ4n) is 4.25. The van der Waals surface area contributed by atoms with Crippen molar-refractivity contribution in [1.82, 2.24) is 10.2 Å². The van der Waals surface area contributed by atoms with Crippen molar-refractivity contribution in [1.29, 1.82) is 0 Å². The Bertz CT molecular complexity index is 769. The Labute approximate surface area is 203 Å². The number of hydrogen-bond donors (Lipinski definition) is 3. The monoisotopic (exact) mass is 474 g/mol. The first-order valence-corrected chi connectivity index (χ1v) is 12.7. The first-order valence-electron chi connectivity index (χ1n) is 12.7. The predicted molar refractivity (Wildman–Crippen MR) is 133 cm³/mol. The standard InChI is InChI=1S/C26H42N4O4/c1-2-3-4-9-25(32)30-17-6-8-23(30)26(33)29-22(14-15-24(28)31)19-34-18-21-12-10-20(11-13-21)7-5-16-27/h10-13,22-23H,2-9,14-19,27H2,1H3,(H2,28,31)(H,29,33)/t22?,23-/m0/s1. The normalized spacial score (nSPS) is 16.4. The van der Waals surface area contributed by atoms with Crippen molar-refractivity contribution in [2.24, 2.45) is 11.5 Å². The number of rotatable bonds is 16. The summed E-state index contributed by atoms with van der Waals surface area (Å²) in [6, 6.07) is 7.42. The van der Waals surface area contributed by atoms with Gasteiger partial charge in [0.15, 0.2) is 0 Å². The molecule has 1 aliphatic heterocycles. The number of carbonyl (C=O) groups excluding carboxylic acids is 3. The van der Waals surface area contributed by atoms with E-state index in [-0.39, 0.29) is 30.9 Å². The molecule has 1 saturated heterocycles. The molecule has 2 rings (SSSR count). The van der Waals surface area contributed by atoms with Gasteiger partial charge in [0.2, 0.25) is 17.7 Å². The number of amides is 3.